The molecule has 0 aromatic heterocycles. The van der Waals surface area contributed by atoms with E-state index in [-0.39, 0.29) is 23.1 Å². The summed E-state index contributed by atoms with van der Waals surface area (Å²) < 4.78 is 42.0. The highest BCUT2D eigenvalue weighted by Gasteiger charge is 2.18. The molecule has 2 N–H and O–H groups in total. The van der Waals surface area contributed by atoms with Crippen molar-refractivity contribution in [3.63, 3.8) is 0 Å². The first kappa shape index (κ1) is 20.6. The van der Waals surface area contributed by atoms with Gasteiger partial charge in [0.1, 0.15) is 11.6 Å². The normalized spacial score (nSPS) is 11.7. The third-order valence-corrected chi connectivity index (χ3v) is 4.47. The van der Waals surface area contributed by atoms with Gasteiger partial charge >= 0.3 is 6.61 Å². The molecular weight excluding hydrogens is 381 g/mol. The first-order valence-electron chi connectivity index (χ1n) is 7.87. The molecule has 0 heterocycles. The van der Waals surface area contributed by atoms with Crippen molar-refractivity contribution in [2.24, 2.45) is 0 Å². The van der Waals surface area contributed by atoms with Crippen molar-refractivity contribution < 1.29 is 27.5 Å². The summed E-state index contributed by atoms with van der Waals surface area (Å²) in [7, 11) is 0. The Hall–Kier alpha value is -2.68. The van der Waals surface area contributed by atoms with Crippen molar-refractivity contribution in [2.45, 2.75) is 18.8 Å². The van der Waals surface area contributed by atoms with Crippen molar-refractivity contribution in [3.8, 4) is 5.75 Å². The molecule has 0 aliphatic heterocycles. The average Bonchev–Trinajstić information content (AvgIpc) is 2.62. The van der Waals surface area contributed by atoms with Gasteiger partial charge in [-0.1, -0.05) is 12.1 Å². The SMILES string of the molecule is CC(SCC(=O)Nc1ccc(F)cc1)C(=O)Nc1ccccc1OC(F)F. The Bertz CT molecular complexity index is 788. The van der Waals surface area contributed by atoms with Crippen molar-refractivity contribution in [1.82, 2.24) is 0 Å². The molecule has 2 aromatic rings. The van der Waals surface area contributed by atoms with Crippen LogP contribution in [0.5, 0.6) is 5.75 Å². The van der Waals surface area contributed by atoms with Gasteiger partial charge in [-0.15, -0.1) is 11.8 Å². The second-order valence-electron chi connectivity index (χ2n) is 5.37. The zero-order valence-corrected chi connectivity index (χ0v) is 15.1. The van der Waals surface area contributed by atoms with Crippen LogP contribution in [0.15, 0.2) is 48.5 Å². The number of halogens is 3. The predicted octanol–water partition coefficient (Wildman–Crippen LogP) is 4.13. The first-order chi connectivity index (χ1) is 12.8. The number of ether oxygens (including phenoxy) is 1. The summed E-state index contributed by atoms with van der Waals surface area (Å²) in [5.41, 5.74) is 0.559. The summed E-state index contributed by atoms with van der Waals surface area (Å²) in [6.07, 6.45) is 0. The lowest BCUT2D eigenvalue weighted by Crippen LogP contribution is -2.25. The Labute approximate surface area is 158 Å². The molecule has 1 atom stereocenters. The molecule has 27 heavy (non-hydrogen) atoms. The molecule has 0 aliphatic carbocycles. The summed E-state index contributed by atoms with van der Waals surface area (Å²) >= 11 is 1.07. The standard InChI is InChI=1S/C18H17F3N2O3S/c1-11(27-10-16(24)22-13-8-6-12(19)7-9-13)17(25)23-14-4-2-3-5-15(14)26-18(20)21/h2-9,11,18H,10H2,1H3,(H,22,24)(H,23,25). The van der Waals surface area contributed by atoms with E-state index >= 15 is 0 Å². The van der Waals surface area contributed by atoms with E-state index in [2.05, 4.69) is 15.4 Å². The van der Waals surface area contributed by atoms with Gasteiger partial charge in [-0.3, -0.25) is 9.59 Å². The Balaban J connectivity index is 1.85. The van der Waals surface area contributed by atoms with Gasteiger partial charge in [0.05, 0.1) is 16.7 Å². The number of thioether (sulfide) groups is 1. The number of carbonyl (C=O) groups excluding carboxylic acids is 2. The zero-order chi connectivity index (χ0) is 19.8. The highest BCUT2D eigenvalue weighted by Crippen LogP contribution is 2.26. The van der Waals surface area contributed by atoms with Crippen molar-refractivity contribution in [1.29, 1.82) is 0 Å². The Morgan fingerprint density at radius 1 is 1.07 bits per heavy atom. The number of hydrogen-bond donors (Lipinski definition) is 2. The van der Waals surface area contributed by atoms with Crippen LogP contribution in [0.1, 0.15) is 6.92 Å². The van der Waals surface area contributed by atoms with Crippen LogP contribution in [0.3, 0.4) is 0 Å². The fourth-order valence-corrected chi connectivity index (χ4v) is 2.69. The first-order valence-corrected chi connectivity index (χ1v) is 8.91. The minimum Gasteiger partial charge on any atom is -0.433 e. The van der Waals surface area contributed by atoms with Gasteiger partial charge in [0.2, 0.25) is 11.8 Å². The largest absolute Gasteiger partial charge is 0.433 e. The van der Waals surface area contributed by atoms with Crippen LogP contribution in [0.4, 0.5) is 24.5 Å². The summed E-state index contributed by atoms with van der Waals surface area (Å²) in [6, 6.07) is 11.1. The van der Waals surface area contributed by atoms with E-state index < -0.39 is 23.6 Å². The Morgan fingerprint density at radius 2 is 1.74 bits per heavy atom. The number of rotatable bonds is 8. The maximum atomic E-state index is 12.8. The molecule has 2 rings (SSSR count). The van der Waals surface area contributed by atoms with Crippen molar-refractivity contribution >= 4 is 35.0 Å². The van der Waals surface area contributed by atoms with Crippen LogP contribution < -0.4 is 15.4 Å². The summed E-state index contributed by atoms with van der Waals surface area (Å²) in [6.45, 7) is -1.42. The van der Waals surface area contributed by atoms with Gasteiger partial charge in [0.15, 0.2) is 0 Å². The number of alkyl halides is 2. The number of carbonyl (C=O) groups is 2. The summed E-state index contributed by atoms with van der Waals surface area (Å²) in [5.74, 6) is -1.38. The molecule has 0 spiro atoms. The zero-order valence-electron chi connectivity index (χ0n) is 14.2. The summed E-state index contributed by atoms with van der Waals surface area (Å²) in [5, 5.41) is 4.46. The molecule has 1 unspecified atom stereocenters. The molecule has 0 saturated heterocycles. The van der Waals surface area contributed by atoms with E-state index in [1.54, 1.807) is 13.0 Å². The molecular formula is C18H17F3N2O3S. The molecule has 9 heteroatoms. The van der Waals surface area contributed by atoms with Crippen LogP contribution in [0, 0.1) is 5.82 Å². The number of hydrogen-bond acceptors (Lipinski definition) is 4. The molecule has 144 valence electrons. The third kappa shape index (κ3) is 6.86. The molecule has 2 amide bonds. The molecule has 0 bridgehead atoms. The number of amides is 2. The highest BCUT2D eigenvalue weighted by molar-refractivity contribution is 8.01. The highest BCUT2D eigenvalue weighted by atomic mass is 32.2. The fraction of sp³-hybridized carbons (Fsp3) is 0.222. The lowest BCUT2D eigenvalue weighted by Gasteiger charge is -2.15. The van der Waals surface area contributed by atoms with Crippen LogP contribution in [0.25, 0.3) is 0 Å². The average molecular weight is 398 g/mol. The molecule has 2 aromatic carbocycles. The van der Waals surface area contributed by atoms with E-state index in [9.17, 15) is 22.8 Å². The van der Waals surface area contributed by atoms with Gasteiger partial charge in [-0.2, -0.15) is 8.78 Å². The van der Waals surface area contributed by atoms with Crippen LogP contribution in [-0.4, -0.2) is 29.4 Å². The second kappa shape index (κ2) is 9.86. The minimum absolute atomic E-state index is 0.0128. The smallest absolute Gasteiger partial charge is 0.387 e. The molecule has 0 saturated carbocycles. The molecule has 5 nitrogen and oxygen atoms in total. The van der Waals surface area contributed by atoms with Gasteiger partial charge in [0.25, 0.3) is 0 Å². The quantitative estimate of drug-likeness (QED) is 0.702. The Morgan fingerprint density at radius 3 is 2.41 bits per heavy atom. The van der Waals surface area contributed by atoms with Crippen LogP contribution >= 0.6 is 11.8 Å². The third-order valence-electron chi connectivity index (χ3n) is 3.32. The van der Waals surface area contributed by atoms with Crippen LogP contribution in [0.2, 0.25) is 0 Å². The molecule has 0 aliphatic rings. The molecule has 0 fully saturated rings. The van der Waals surface area contributed by atoms with Crippen molar-refractivity contribution in [2.75, 3.05) is 16.4 Å². The van der Waals surface area contributed by atoms with E-state index in [1.807, 2.05) is 0 Å². The van der Waals surface area contributed by atoms with Crippen LogP contribution in [-0.2, 0) is 9.59 Å². The molecule has 0 radical (unpaired) electrons. The summed E-state index contributed by atoms with van der Waals surface area (Å²) in [4.78, 5) is 24.1. The predicted molar refractivity (Wildman–Crippen MR) is 98.7 cm³/mol. The monoisotopic (exact) mass is 398 g/mol. The van der Waals surface area contributed by atoms with E-state index in [1.165, 1.54) is 42.5 Å². The van der Waals surface area contributed by atoms with Gasteiger partial charge < -0.3 is 15.4 Å². The maximum Gasteiger partial charge on any atom is 0.387 e. The lowest BCUT2D eigenvalue weighted by molar-refractivity contribution is -0.115. The topological polar surface area (TPSA) is 67.4 Å². The van der Waals surface area contributed by atoms with E-state index in [0.29, 0.717) is 5.69 Å². The van der Waals surface area contributed by atoms with E-state index in [4.69, 9.17) is 0 Å². The maximum absolute atomic E-state index is 12.8. The van der Waals surface area contributed by atoms with Gasteiger partial charge in [0, 0.05) is 5.69 Å². The number of anilines is 2. The number of benzene rings is 2. The fourth-order valence-electron chi connectivity index (χ4n) is 2.01. The second-order valence-corrected chi connectivity index (χ2v) is 6.70. The number of para-hydroxylation sites is 2. The number of nitrogens with one attached hydrogen (secondary N) is 2. The lowest BCUT2D eigenvalue weighted by atomic mass is 10.3. The minimum atomic E-state index is -3.01. The van der Waals surface area contributed by atoms with E-state index in [0.717, 1.165) is 11.8 Å². The Kier molecular flexibility index (Phi) is 7.54. The van der Waals surface area contributed by atoms with Gasteiger partial charge in [-0.25, -0.2) is 4.39 Å². The van der Waals surface area contributed by atoms with Gasteiger partial charge in [-0.05, 0) is 43.3 Å². The van der Waals surface area contributed by atoms with Crippen molar-refractivity contribution in [3.05, 3.63) is 54.3 Å².